The summed E-state index contributed by atoms with van der Waals surface area (Å²) in [5.41, 5.74) is 6.05. The van der Waals surface area contributed by atoms with Crippen molar-refractivity contribution in [3.8, 4) is 34.5 Å². The molecule has 1 atom stereocenters. The van der Waals surface area contributed by atoms with Crippen molar-refractivity contribution in [2.45, 2.75) is 343 Å². The van der Waals surface area contributed by atoms with E-state index in [0.717, 1.165) is 82.9 Å². The fourth-order valence-corrected chi connectivity index (χ4v) is 11.4. The van der Waals surface area contributed by atoms with Gasteiger partial charge in [-0.05, 0) is 123 Å². The Morgan fingerprint density at radius 3 is 0.880 bits per heavy atom. The first-order valence-corrected chi connectivity index (χ1v) is 32.8. The summed E-state index contributed by atoms with van der Waals surface area (Å²) in [5, 5.41) is 22.2. The average Bonchev–Trinajstić information content (AvgIpc) is 3.39. The third-order valence-electron chi connectivity index (χ3n) is 16.6. The van der Waals surface area contributed by atoms with E-state index in [1.807, 2.05) is 19.1 Å². The highest BCUT2D eigenvalue weighted by atomic mass is 16.5. The van der Waals surface area contributed by atoms with E-state index in [1.165, 1.54) is 262 Å². The summed E-state index contributed by atoms with van der Waals surface area (Å²) in [5.74, 6) is 4.42. The summed E-state index contributed by atoms with van der Waals surface area (Å²) in [6.07, 6.45) is 59.5. The van der Waals surface area contributed by atoms with Crippen LogP contribution in [0.2, 0.25) is 0 Å². The lowest BCUT2D eigenvalue weighted by atomic mass is 9.92. The molecule has 3 rings (SSSR count). The number of rotatable bonds is 50. The van der Waals surface area contributed by atoms with E-state index < -0.39 is 0 Å². The molecule has 4 nitrogen and oxygen atoms in total. The first-order valence-electron chi connectivity index (χ1n) is 32.8. The summed E-state index contributed by atoms with van der Waals surface area (Å²) in [7, 11) is 0. The van der Waals surface area contributed by atoms with Gasteiger partial charge < -0.3 is 19.7 Å². The van der Waals surface area contributed by atoms with Gasteiger partial charge in [0.15, 0.2) is 0 Å². The molecule has 75 heavy (non-hydrogen) atoms. The largest absolute Gasteiger partial charge is 0.508 e. The van der Waals surface area contributed by atoms with Gasteiger partial charge in [0.05, 0.1) is 0 Å². The monoisotopic (exact) mass is 1040 g/mol. The number of aromatic hydroxyl groups is 2. The van der Waals surface area contributed by atoms with Crippen molar-refractivity contribution in [1.29, 1.82) is 0 Å². The molecule has 0 saturated carbocycles. The Hall–Kier alpha value is -3.14. The highest BCUT2D eigenvalue weighted by Gasteiger charge is 2.20. The van der Waals surface area contributed by atoms with Crippen molar-refractivity contribution in [3.63, 3.8) is 0 Å². The van der Waals surface area contributed by atoms with Gasteiger partial charge >= 0.3 is 0 Å². The average molecular weight is 1040 g/mol. The van der Waals surface area contributed by atoms with Crippen LogP contribution >= 0.6 is 0 Å². The molecule has 428 valence electrons. The molecular weight excluding hydrogens is 917 g/mol. The minimum absolute atomic E-state index is 0.282. The third-order valence-corrected chi connectivity index (χ3v) is 16.6. The fourth-order valence-electron chi connectivity index (χ4n) is 11.4. The summed E-state index contributed by atoms with van der Waals surface area (Å²) >= 11 is 0. The zero-order chi connectivity index (χ0) is 54.0. The van der Waals surface area contributed by atoms with Crippen LogP contribution in [0.1, 0.15) is 343 Å². The number of phenols is 2. The number of hydrogen-bond acceptors (Lipinski definition) is 4. The van der Waals surface area contributed by atoms with Crippen LogP contribution in [0.25, 0.3) is 0 Å². The van der Waals surface area contributed by atoms with Crippen molar-refractivity contribution in [1.82, 2.24) is 0 Å². The Bertz CT molecular complexity index is 1840. The molecule has 2 N–H and O–H groups in total. The molecule has 0 aliphatic rings. The first kappa shape index (κ1) is 66.1. The van der Waals surface area contributed by atoms with Gasteiger partial charge in [0.25, 0.3) is 0 Å². The van der Waals surface area contributed by atoms with E-state index in [9.17, 15) is 10.2 Å². The topological polar surface area (TPSA) is 58.9 Å². The first-order chi connectivity index (χ1) is 36.7. The Labute approximate surface area is 465 Å². The van der Waals surface area contributed by atoms with E-state index in [2.05, 4.69) is 65.8 Å². The fraction of sp³-hybridized carbons (Fsp3) is 0.746. The third kappa shape index (κ3) is 30.6. The van der Waals surface area contributed by atoms with Crippen molar-refractivity contribution >= 4 is 0 Å². The number of aryl methyl sites for hydroxylation is 5. The molecule has 0 spiro atoms. The van der Waals surface area contributed by atoms with Crippen molar-refractivity contribution < 1.29 is 19.7 Å². The Balaban J connectivity index is 1.61. The Morgan fingerprint density at radius 2 is 0.560 bits per heavy atom. The minimum Gasteiger partial charge on any atom is -0.508 e. The van der Waals surface area contributed by atoms with Crippen molar-refractivity contribution in [3.05, 3.63) is 69.8 Å². The maximum Gasteiger partial charge on any atom is 0.131 e. The van der Waals surface area contributed by atoms with E-state index in [1.54, 1.807) is 0 Å². The summed E-state index contributed by atoms with van der Waals surface area (Å²) in [6, 6.07) is 12.4. The van der Waals surface area contributed by atoms with Crippen LogP contribution in [0.3, 0.4) is 0 Å². The standard InChI is InChI=1S/C71H120O4/c1-8-11-14-17-20-23-26-29-32-35-38-41-44-47-50-59(4)65-58-70(74-68-56-63(66(72)53-60(68)5)51-48-45-42-39-36-33-30-27-24-21-18-15-12-9-2)62(7)55-71(65)75-69-57-64(67(73)54-61(69)6)52-49-46-43-40-37-34-31-28-25-22-19-16-13-10-3/h53-59,72-73H,8-52H2,1-7H3. The SMILES string of the molecule is CCCCCCCCCCCCCCCCc1cc(Oc2cc(C(C)CCCCCCCCCCCCCCCC)c(Oc3cc(CCCCCCCCCCCCCCCC)c(O)cc3C)cc2C)c(C)cc1O. The van der Waals surface area contributed by atoms with Gasteiger partial charge in [-0.2, -0.15) is 0 Å². The maximum atomic E-state index is 11.1. The van der Waals surface area contributed by atoms with Crippen LogP contribution in [0.15, 0.2) is 36.4 Å². The number of phenolic OH excluding ortho intramolecular Hbond substituents is 2. The van der Waals surface area contributed by atoms with Crippen LogP contribution in [-0.2, 0) is 12.8 Å². The normalized spacial score (nSPS) is 12.0. The minimum atomic E-state index is 0.282. The van der Waals surface area contributed by atoms with Crippen molar-refractivity contribution in [2.75, 3.05) is 0 Å². The number of hydrogen-bond donors (Lipinski definition) is 2. The van der Waals surface area contributed by atoms with Gasteiger partial charge in [0.2, 0.25) is 0 Å². The van der Waals surface area contributed by atoms with Crippen LogP contribution in [0, 0.1) is 20.8 Å². The van der Waals surface area contributed by atoms with E-state index in [-0.39, 0.29) is 5.92 Å². The predicted molar refractivity (Wildman–Crippen MR) is 328 cm³/mol. The second kappa shape index (κ2) is 43.8. The lowest BCUT2D eigenvalue weighted by Crippen LogP contribution is -2.02. The predicted octanol–water partition coefficient (Wildman–Crippen LogP) is 24.6. The zero-order valence-electron chi connectivity index (χ0n) is 50.6. The molecular formula is C71H120O4. The number of ether oxygens (including phenoxy) is 2. The molecule has 0 amide bonds. The second-order valence-corrected chi connectivity index (χ2v) is 23.8. The van der Waals surface area contributed by atoms with Gasteiger partial charge in [0, 0.05) is 5.56 Å². The summed E-state index contributed by atoms with van der Waals surface area (Å²) in [6.45, 7) is 15.5. The van der Waals surface area contributed by atoms with Gasteiger partial charge in [-0.15, -0.1) is 0 Å². The lowest BCUT2D eigenvalue weighted by Gasteiger charge is -2.22. The highest BCUT2D eigenvalue weighted by molar-refractivity contribution is 5.54. The molecule has 0 aromatic heterocycles. The molecule has 0 bridgehead atoms. The molecule has 0 heterocycles. The van der Waals surface area contributed by atoms with E-state index in [0.29, 0.717) is 11.5 Å². The van der Waals surface area contributed by atoms with Crippen LogP contribution in [-0.4, -0.2) is 10.2 Å². The van der Waals surface area contributed by atoms with E-state index >= 15 is 0 Å². The van der Waals surface area contributed by atoms with Gasteiger partial charge in [0.1, 0.15) is 34.5 Å². The Kier molecular flexibility index (Phi) is 38.6. The van der Waals surface area contributed by atoms with Crippen LogP contribution in [0.5, 0.6) is 34.5 Å². The van der Waals surface area contributed by atoms with E-state index in [4.69, 9.17) is 9.47 Å². The molecule has 3 aromatic rings. The summed E-state index contributed by atoms with van der Waals surface area (Å²) in [4.78, 5) is 0. The van der Waals surface area contributed by atoms with Gasteiger partial charge in [-0.3, -0.25) is 0 Å². The van der Waals surface area contributed by atoms with Gasteiger partial charge in [-0.1, -0.05) is 285 Å². The zero-order valence-corrected chi connectivity index (χ0v) is 50.6. The van der Waals surface area contributed by atoms with Crippen molar-refractivity contribution in [2.24, 2.45) is 0 Å². The second-order valence-electron chi connectivity index (χ2n) is 23.8. The quantitative estimate of drug-likeness (QED) is 0.0553. The number of benzene rings is 3. The van der Waals surface area contributed by atoms with Gasteiger partial charge in [-0.25, -0.2) is 0 Å². The molecule has 0 saturated heterocycles. The Morgan fingerprint density at radius 1 is 0.307 bits per heavy atom. The molecule has 0 fully saturated rings. The maximum absolute atomic E-state index is 11.1. The molecule has 1 unspecified atom stereocenters. The molecule has 0 aliphatic heterocycles. The molecule has 4 heteroatoms. The van der Waals surface area contributed by atoms with Crippen LogP contribution < -0.4 is 9.47 Å². The highest BCUT2D eigenvalue weighted by Crippen LogP contribution is 2.42. The lowest BCUT2D eigenvalue weighted by molar-refractivity contribution is 0.439. The van der Waals surface area contributed by atoms with Crippen LogP contribution in [0.4, 0.5) is 0 Å². The molecule has 0 radical (unpaired) electrons. The summed E-state index contributed by atoms with van der Waals surface area (Å²) < 4.78 is 13.8. The number of unbranched alkanes of at least 4 members (excludes halogenated alkanes) is 39. The molecule has 3 aromatic carbocycles. The smallest absolute Gasteiger partial charge is 0.131 e. The molecule has 0 aliphatic carbocycles.